The summed E-state index contributed by atoms with van der Waals surface area (Å²) >= 11 is 2.10. The lowest BCUT2D eigenvalue weighted by Gasteiger charge is -2.38. The fraction of sp³-hybridized carbons (Fsp3) is 0.444. The molecule has 2 saturated heterocycles. The van der Waals surface area contributed by atoms with Crippen LogP contribution in [-0.4, -0.2) is 15.6 Å². The largest absolute Gasteiger partial charge is 0.385 e. The summed E-state index contributed by atoms with van der Waals surface area (Å²) in [6.45, 7) is 2.14. The Bertz CT molecular complexity index is 652. The molecule has 2 atom stereocenters. The Morgan fingerprint density at radius 2 is 1.75 bits per heavy atom. The molecule has 2 aliphatic rings. The minimum Gasteiger partial charge on any atom is -0.385 e. The van der Waals surface area contributed by atoms with Crippen LogP contribution in [0.3, 0.4) is 0 Å². The number of aliphatic hydroxyl groups is 1. The molecule has 2 heteroatoms. The zero-order valence-corrected chi connectivity index (χ0v) is 12.6. The molecule has 2 unspecified atom stereocenters. The number of aryl methyl sites for hydroxylation is 1. The van der Waals surface area contributed by atoms with Crippen LogP contribution in [0.2, 0.25) is 0 Å². The molecule has 1 nitrogen and oxygen atoms in total. The SMILES string of the molecule is Cc1ccc2ccccc2c1C1(O)CC2CCC(C1)S2. The molecule has 0 radical (unpaired) electrons. The van der Waals surface area contributed by atoms with E-state index < -0.39 is 5.60 Å². The van der Waals surface area contributed by atoms with Gasteiger partial charge in [0.15, 0.2) is 0 Å². The first-order valence-corrected chi connectivity index (χ1v) is 8.47. The molecule has 0 aromatic heterocycles. The highest BCUT2D eigenvalue weighted by Gasteiger charge is 2.45. The summed E-state index contributed by atoms with van der Waals surface area (Å²) in [5.41, 5.74) is 1.80. The second kappa shape index (κ2) is 4.51. The molecule has 2 bridgehead atoms. The molecule has 2 fully saturated rings. The maximum absolute atomic E-state index is 11.4. The van der Waals surface area contributed by atoms with E-state index in [9.17, 15) is 5.11 Å². The standard InChI is InChI=1S/C18H20OS/c1-12-6-7-13-4-2-3-5-16(13)17(12)18(19)10-14-8-9-15(11-18)20-14/h2-7,14-15,19H,8-11H2,1H3. The highest BCUT2D eigenvalue weighted by atomic mass is 32.2. The third kappa shape index (κ3) is 1.89. The van der Waals surface area contributed by atoms with Gasteiger partial charge >= 0.3 is 0 Å². The Balaban J connectivity index is 1.91. The van der Waals surface area contributed by atoms with E-state index in [0.29, 0.717) is 10.5 Å². The molecule has 2 aromatic rings. The molecule has 1 N–H and O–H groups in total. The maximum Gasteiger partial charge on any atom is 0.0926 e. The van der Waals surface area contributed by atoms with Gasteiger partial charge in [0.05, 0.1) is 5.60 Å². The zero-order valence-electron chi connectivity index (χ0n) is 11.8. The lowest BCUT2D eigenvalue weighted by molar-refractivity contribution is 0.0205. The van der Waals surface area contributed by atoms with E-state index in [1.54, 1.807) is 0 Å². The lowest BCUT2D eigenvalue weighted by atomic mass is 9.80. The average molecular weight is 284 g/mol. The van der Waals surface area contributed by atoms with Gasteiger partial charge in [-0.3, -0.25) is 0 Å². The monoisotopic (exact) mass is 284 g/mol. The van der Waals surface area contributed by atoms with Gasteiger partial charge in [-0.1, -0.05) is 36.4 Å². The normalized spacial score (nSPS) is 32.7. The fourth-order valence-corrected chi connectivity index (χ4v) is 5.95. The van der Waals surface area contributed by atoms with Crippen LogP contribution in [0.4, 0.5) is 0 Å². The van der Waals surface area contributed by atoms with Gasteiger partial charge in [0, 0.05) is 10.5 Å². The summed E-state index contributed by atoms with van der Waals surface area (Å²) < 4.78 is 0. The average Bonchev–Trinajstić information content (AvgIpc) is 2.78. The van der Waals surface area contributed by atoms with Crippen molar-refractivity contribution < 1.29 is 5.11 Å². The van der Waals surface area contributed by atoms with Crippen LogP contribution in [0.25, 0.3) is 10.8 Å². The van der Waals surface area contributed by atoms with Gasteiger partial charge in [0.25, 0.3) is 0 Å². The van der Waals surface area contributed by atoms with Crippen LogP contribution in [0.15, 0.2) is 36.4 Å². The smallest absolute Gasteiger partial charge is 0.0926 e. The minimum atomic E-state index is -0.623. The van der Waals surface area contributed by atoms with Crippen molar-refractivity contribution in [1.82, 2.24) is 0 Å². The van der Waals surface area contributed by atoms with Crippen molar-refractivity contribution in [2.45, 2.75) is 48.7 Å². The fourth-order valence-electron chi connectivity index (χ4n) is 4.12. The molecular weight excluding hydrogens is 264 g/mol. The second-order valence-corrected chi connectivity index (χ2v) is 7.98. The Kier molecular flexibility index (Phi) is 2.87. The first kappa shape index (κ1) is 12.7. The van der Waals surface area contributed by atoms with Crippen molar-refractivity contribution in [3.63, 3.8) is 0 Å². The van der Waals surface area contributed by atoms with Crippen LogP contribution in [0.1, 0.15) is 36.8 Å². The summed E-state index contributed by atoms with van der Waals surface area (Å²) in [5, 5.41) is 15.2. The van der Waals surface area contributed by atoms with Crippen molar-refractivity contribution >= 4 is 22.5 Å². The summed E-state index contributed by atoms with van der Waals surface area (Å²) in [4.78, 5) is 0. The third-order valence-corrected chi connectivity index (χ3v) is 6.50. The van der Waals surface area contributed by atoms with E-state index in [1.165, 1.54) is 34.7 Å². The highest BCUT2D eigenvalue weighted by molar-refractivity contribution is 8.00. The predicted octanol–water partition coefficient (Wildman–Crippen LogP) is 4.39. The van der Waals surface area contributed by atoms with E-state index >= 15 is 0 Å². The first-order valence-electron chi connectivity index (χ1n) is 7.52. The van der Waals surface area contributed by atoms with Crippen LogP contribution in [-0.2, 0) is 5.60 Å². The van der Waals surface area contributed by atoms with Gasteiger partial charge in [0.2, 0.25) is 0 Å². The van der Waals surface area contributed by atoms with Gasteiger partial charge < -0.3 is 5.11 Å². The molecule has 0 amide bonds. The van der Waals surface area contributed by atoms with E-state index in [-0.39, 0.29) is 0 Å². The van der Waals surface area contributed by atoms with Crippen molar-refractivity contribution in [1.29, 1.82) is 0 Å². The zero-order chi connectivity index (χ0) is 13.7. The third-order valence-electron chi connectivity index (χ3n) is 4.93. The predicted molar refractivity (Wildman–Crippen MR) is 86.2 cm³/mol. The second-order valence-electron chi connectivity index (χ2n) is 6.38. The molecule has 0 spiro atoms. The van der Waals surface area contributed by atoms with Crippen molar-refractivity contribution in [2.75, 3.05) is 0 Å². The summed E-state index contributed by atoms with van der Waals surface area (Å²) in [5.74, 6) is 0. The summed E-state index contributed by atoms with van der Waals surface area (Å²) in [6.07, 6.45) is 4.40. The molecule has 0 saturated carbocycles. The van der Waals surface area contributed by atoms with Gasteiger partial charge in [-0.05, 0) is 54.5 Å². The Labute approximate surface area is 124 Å². The van der Waals surface area contributed by atoms with Crippen LogP contribution in [0.5, 0.6) is 0 Å². The first-order chi connectivity index (χ1) is 9.66. The number of thioether (sulfide) groups is 1. The lowest BCUT2D eigenvalue weighted by Crippen LogP contribution is -2.35. The van der Waals surface area contributed by atoms with E-state index in [1.807, 2.05) is 0 Å². The maximum atomic E-state index is 11.4. The van der Waals surface area contributed by atoms with Crippen LogP contribution < -0.4 is 0 Å². The van der Waals surface area contributed by atoms with Crippen LogP contribution >= 0.6 is 11.8 Å². The topological polar surface area (TPSA) is 20.2 Å². The Morgan fingerprint density at radius 3 is 2.50 bits per heavy atom. The molecule has 2 aliphatic heterocycles. The molecule has 2 heterocycles. The Morgan fingerprint density at radius 1 is 1.05 bits per heavy atom. The quantitative estimate of drug-likeness (QED) is 0.838. The molecule has 0 aliphatic carbocycles. The minimum absolute atomic E-state index is 0.623. The van der Waals surface area contributed by atoms with Gasteiger partial charge in [-0.15, -0.1) is 0 Å². The number of hydrogen-bond acceptors (Lipinski definition) is 2. The van der Waals surface area contributed by atoms with Crippen LogP contribution in [0, 0.1) is 6.92 Å². The Hall–Kier alpha value is -0.990. The summed E-state index contributed by atoms with van der Waals surface area (Å²) in [7, 11) is 0. The van der Waals surface area contributed by atoms with Gasteiger partial charge in [0.1, 0.15) is 0 Å². The highest BCUT2D eigenvalue weighted by Crippen LogP contribution is 2.52. The van der Waals surface area contributed by atoms with E-state index in [2.05, 4.69) is 55.1 Å². The van der Waals surface area contributed by atoms with Gasteiger partial charge in [-0.2, -0.15) is 11.8 Å². The molecular formula is C18H20OS. The molecule has 4 rings (SSSR count). The number of benzene rings is 2. The molecule has 104 valence electrons. The van der Waals surface area contributed by atoms with Crippen molar-refractivity contribution in [2.24, 2.45) is 0 Å². The number of fused-ring (bicyclic) bond motifs is 3. The van der Waals surface area contributed by atoms with E-state index in [0.717, 1.165) is 12.8 Å². The van der Waals surface area contributed by atoms with E-state index in [4.69, 9.17) is 0 Å². The number of hydrogen-bond donors (Lipinski definition) is 1. The van der Waals surface area contributed by atoms with Gasteiger partial charge in [-0.25, -0.2) is 0 Å². The summed E-state index contributed by atoms with van der Waals surface area (Å²) in [6, 6.07) is 12.8. The molecule has 2 aromatic carbocycles. The molecule has 20 heavy (non-hydrogen) atoms. The van der Waals surface area contributed by atoms with Crippen molar-refractivity contribution in [3.05, 3.63) is 47.5 Å². The van der Waals surface area contributed by atoms with Crippen molar-refractivity contribution in [3.8, 4) is 0 Å². The number of rotatable bonds is 1.